The van der Waals surface area contributed by atoms with Gasteiger partial charge < -0.3 is 4.74 Å². The van der Waals surface area contributed by atoms with Gasteiger partial charge in [0.05, 0.1) is 18.7 Å². The van der Waals surface area contributed by atoms with Gasteiger partial charge in [-0.2, -0.15) is 22.7 Å². The van der Waals surface area contributed by atoms with Crippen molar-refractivity contribution in [1.29, 1.82) is 0 Å². The molecule has 0 radical (unpaired) electrons. The maximum absolute atomic E-state index is 12.7. The number of ether oxygens (including phenoxy) is 1. The predicted octanol–water partition coefficient (Wildman–Crippen LogP) is 0.652. The first kappa shape index (κ1) is 11.1. The molecule has 0 aliphatic heterocycles. The van der Waals surface area contributed by atoms with E-state index in [1.165, 1.54) is 6.20 Å². The molecule has 0 N–H and O–H groups in total. The molecule has 0 aliphatic rings. The van der Waals surface area contributed by atoms with Crippen molar-refractivity contribution in [3.05, 3.63) is 11.8 Å². The fourth-order valence-corrected chi connectivity index (χ4v) is 1.74. The van der Waals surface area contributed by atoms with Crippen molar-refractivity contribution in [3.8, 4) is 5.88 Å². The molecule has 16 heavy (non-hydrogen) atoms. The first-order chi connectivity index (χ1) is 7.45. The van der Waals surface area contributed by atoms with Crippen LogP contribution in [0.2, 0.25) is 0 Å². The maximum atomic E-state index is 12.7. The average Bonchev–Trinajstić information content (AvgIpc) is 2.63. The van der Waals surface area contributed by atoms with Crippen LogP contribution in [0, 0.1) is 0 Å². The largest absolute Gasteiger partial charge is 0.480 e. The number of methoxy groups -OCH3 is 1. The molecule has 2 heterocycles. The van der Waals surface area contributed by atoms with Crippen molar-refractivity contribution in [2.24, 2.45) is 0 Å². The third-order valence-corrected chi connectivity index (χ3v) is 2.46. The van der Waals surface area contributed by atoms with Gasteiger partial charge in [-0.05, 0) is 0 Å². The van der Waals surface area contributed by atoms with Crippen LogP contribution in [-0.4, -0.2) is 26.9 Å². The zero-order chi connectivity index (χ0) is 11.9. The van der Waals surface area contributed by atoms with Gasteiger partial charge in [0.2, 0.25) is 5.88 Å². The molecule has 2 aromatic rings. The standard InChI is InChI=1S/C7H6F3N4OP/c1-15-5-4(7(8,9)10)6(16)14-3(12-5)2-11-13-14/h2H,16H2,1H3. The Morgan fingerprint density at radius 1 is 1.44 bits per heavy atom. The molecule has 9 heteroatoms. The van der Waals surface area contributed by atoms with Gasteiger partial charge in [0, 0.05) is 0 Å². The van der Waals surface area contributed by atoms with Gasteiger partial charge in [-0.1, -0.05) is 14.5 Å². The van der Waals surface area contributed by atoms with Crippen molar-refractivity contribution in [2.45, 2.75) is 6.18 Å². The van der Waals surface area contributed by atoms with E-state index in [1.54, 1.807) is 0 Å². The Morgan fingerprint density at radius 2 is 2.12 bits per heavy atom. The van der Waals surface area contributed by atoms with Crippen molar-refractivity contribution in [3.63, 3.8) is 0 Å². The zero-order valence-corrected chi connectivity index (χ0v) is 9.14. The predicted molar refractivity (Wildman–Crippen MR) is 51.7 cm³/mol. The van der Waals surface area contributed by atoms with E-state index in [0.717, 1.165) is 11.6 Å². The maximum Gasteiger partial charge on any atom is 0.423 e. The minimum absolute atomic E-state index is 0.188. The lowest BCUT2D eigenvalue weighted by molar-refractivity contribution is -0.138. The Morgan fingerprint density at radius 3 is 2.69 bits per heavy atom. The summed E-state index contributed by atoms with van der Waals surface area (Å²) >= 11 is 0. The summed E-state index contributed by atoms with van der Waals surface area (Å²) in [6.45, 7) is 0. The van der Waals surface area contributed by atoms with Crippen LogP contribution in [0.4, 0.5) is 13.2 Å². The lowest BCUT2D eigenvalue weighted by atomic mass is 10.3. The van der Waals surface area contributed by atoms with Crippen LogP contribution in [0.25, 0.3) is 5.65 Å². The molecule has 5 nitrogen and oxygen atoms in total. The lowest BCUT2D eigenvalue weighted by Crippen LogP contribution is -2.23. The van der Waals surface area contributed by atoms with Crippen molar-refractivity contribution in [2.75, 3.05) is 7.11 Å². The van der Waals surface area contributed by atoms with Gasteiger partial charge in [0.15, 0.2) is 5.65 Å². The monoisotopic (exact) mass is 250 g/mol. The van der Waals surface area contributed by atoms with Crippen LogP contribution in [-0.2, 0) is 6.18 Å². The topological polar surface area (TPSA) is 52.3 Å². The number of nitrogens with zero attached hydrogens (tertiary/aromatic N) is 4. The minimum Gasteiger partial charge on any atom is -0.480 e. The third-order valence-electron chi connectivity index (χ3n) is 1.92. The Hall–Kier alpha value is -1.43. The van der Waals surface area contributed by atoms with E-state index < -0.39 is 17.6 Å². The highest BCUT2D eigenvalue weighted by atomic mass is 31.0. The summed E-state index contributed by atoms with van der Waals surface area (Å²) in [7, 11) is 3.09. The van der Waals surface area contributed by atoms with E-state index >= 15 is 0 Å². The summed E-state index contributed by atoms with van der Waals surface area (Å²) in [4.78, 5) is 3.66. The molecule has 86 valence electrons. The van der Waals surface area contributed by atoms with E-state index in [-0.39, 0.29) is 11.1 Å². The van der Waals surface area contributed by atoms with Gasteiger partial charge in [-0.25, -0.2) is 0 Å². The van der Waals surface area contributed by atoms with Gasteiger partial charge in [-0.3, -0.25) is 0 Å². The number of aromatic nitrogens is 4. The summed E-state index contributed by atoms with van der Waals surface area (Å²) in [5.41, 5.74) is -0.972. The van der Waals surface area contributed by atoms with Crippen LogP contribution < -0.4 is 10.2 Å². The van der Waals surface area contributed by atoms with Gasteiger partial charge >= 0.3 is 6.18 Å². The molecular weight excluding hydrogens is 244 g/mol. The fraction of sp³-hybridized carbons (Fsp3) is 0.286. The fourth-order valence-electron chi connectivity index (χ4n) is 1.27. The summed E-state index contributed by atoms with van der Waals surface area (Å²) in [5, 5.41) is 6.97. The molecule has 0 saturated carbocycles. The zero-order valence-electron chi connectivity index (χ0n) is 7.99. The second kappa shape index (κ2) is 3.55. The highest BCUT2D eigenvalue weighted by Crippen LogP contribution is 2.34. The smallest absolute Gasteiger partial charge is 0.423 e. The molecule has 0 fully saturated rings. The summed E-state index contributed by atoms with van der Waals surface area (Å²) < 4.78 is 43.8. The first-order valence-electron chi connectivity index (χ1n) is 4.06. The molecule has 0 aromatic carbocycles. The molecule has 0 saturated heterocycles. The van der Waals surface area contributed by atoms with Crippen LogP contribution >= 0.6 is 9.24 Å². The van der Waals surface area contributed by atoms with Crippen LogP contribution in [0.1, 0.15) is 5.56 Å². The SMILES string of the molecule is COc1nc2cnnn2c(P)c1C(F)(F)F. The van der Waals surface area contributed by atoms with E-state index in [1.807, 2.05) is 9.24 Å². The molecule has 0 aliphatic carbocycles. The minimum atomic E-state index is -4.56. The van der Waals surface area contributed by atoms with Gasteiger partial charge in [0.25, 0.3) is 0 Å². The number of hydrogen-bond donors (Lipinski definition) is 0. The van der Waals surface area contributed by atoms with Crippen LogP contribution in [0.15, 0.2) is 6.20 Å². The van der Waals surface area contributed by atoms with E-state index in [9.17, 15) is 13.2 Å². The molecule has 0 spiro atoms. The average molecular weight is 250 g/mol. The number of hydrogen-bond acceptors (Lipinski definition) is 4. The molecule has 1 atom stereocenters. The van der Waals surface area contributed by atoms with Gasteiger partial charge in [0.1, 0.15) is 5.56 Å². The lowest BCUT2D eigenvalue weighted by Gasteiger charge is -2.13. The summed E-state index contributed by atoms with van der Waals surface area (Å²) in [6.07, 6.45) is -3.31. The third kappa shape index (κ3) is 1.59. The molecular formula is C7H6F3N4OP. The van der Waals surface area contributed by atoms with E-state index in [0.29, 0.717) is 0 Å². The van der Waals surface area contributed by atoms with E-state index in [2.05, 4.69) is 20.0 Å². The normalized spacial score (nSPS) is 12.1. The Bertz CT molecular complexity index is 538. The highest BCUT2D eigenvalue weighted by molar-refractivity contribution is 7.27. The van der Waals surface area contributed by atoms with Crippen molar-refractivity contribution in [1.82, 2.24) is 19.8 Å². The van der Waals surface area contributed by atoms with Gasteiger partial charge in [-0.15, -0.1) is 5.10 Å². The number of rotatable bonds is 1. The first-order valence-corrected chi connectivity index (χ1v) is 4.64. The molecule has 2 aromatic heterocycles. The second-order valence-corrected chi connectivity index (χ2v) is 3.43. The number of alkyl halides is 3. The Labute approximate surface area is 89.8 Å². The number of fused-ring (bicyclic) bond motifs is 1. The molecule has 0 bridgehead atoms. The Balaban J connectivity index is 2.83. The Kier molecular flexibility index (Phi) is 2.46. The summed E-state index contributed by atoms with van der Waals surface area (Å²) in [5.74, 6) is -0.493. The molecule has 1 unspecified atom stereocenters. The molecule has 0 amide bonds. The van der Waals surface area contributed by atoms with Crippen LogP contribution in [0.5, 0.6) is 5.88 Å². The van der Waals surface area contributed by atoms with Crippen molar-refractivity contribution >= 4 is 20.3 Å². The second-order valence-electron chi connectivity index (χ2n) is 2.88. The molecule has 2 rings (SSSR count). The highest BCUT2D eigenvalue weighted by Gasteiger charge is 2.39. The quantitative estimate of drug-likeness (QED) is 0.697. The van der Waals surface area contributed by atoms with E-state index in [4.69, 9.17) is 0 Å². The van der Waals surface area contributed by atoms with Crippen LogP contribution in [0.3, 0.4) is 0 Å². The number of halogens is 3. The summed E-state index contributed by atoms with van der Waals surface area (Å²) in [6, 6.07) is 0. The van der Waals surface area contributed by atoms with Crippen molar-refractivity contribution < 1.29 is 17.9 Å².